The molecule has 2 rings (SSSR count). The van der Waals surface area contributed by atoms with Crippen molar-refractivity contribution in [3.63, 3.8) is 0 Å². The van der Waals surface area contributed by atoms with Crippen LogP contribution in [0.3, 0.4) is 0 Å². The molecule has 0 radical (unpaired) electrons. The first-order valence-electron chi connectivity index (χ1n) is 10.2. The number of ether oxygens (including phenoxy) is 2. The summed E-state index contributed by atoms with van der Waals surface area (Å²) < 4.78 is 10.8. The highest BCUT2D eigenvalue weighted by Gasteiger charge is 2.45. The lowest BCUT2D eigenvalue weighted by Crippen LogP contribution is -2.40. The number of hydrogen-bond acceptors (Lipinski definition) is 4. The Labute approximate surface area is 172 Å². The Balaban J connectivity index is 1.82. The lowest BCUT2D eigenvalue weighted by atomic mass is 9.80. The number of carbonyl (C=O) groups excluding carboxylic acids is 1. The van der Waals surface area contributed by atoms with Crippen LogP contribution in [0.5, 0.6) is 5.75 Å². The van der Waals surface area contributed by atoms with Crippen LogP contribution in [0.2, 0.25) is 0 Å². The summed E-state index contributed by atoms with van der Waals surface area (Å²) in [4.78, 5) is 23.9. The lowest BCUT2D eigenvalue weighted by Gasteiger charge is -2.25. The Bertz CT molecular complexity index is 770. The van der Waals surface area contributed by atoms with Crippen LogP contribution in [0.4, 0.5) is 0 Å². The predicted molar refractivity (Wildman–Crippen MR) is 112 cm³/mol. The highest BCUT2D eigenvalue weighted by atomic mass is 16.5. The number of unbranched alkanes of at least 4 members (excludes halogenated alkanes) is 1. The van der Waals surface area contributed by atoms with Crippen LogP contribution in [-0.2, 0) is 27.4 Å². The minimum absolute atomic E-state index is 0.187. The normalized spacial score (nSPS) is 12.8. The Morgan fingerprint density at radius 1 is 0.931 bits per heavy atom. The van der Waals surface area contributed by atoms with Gasteiger partial charge >= 0.3 is 11.9 Å². The minimum atomic E-state index is -1.44. The van der Waals surface area contributed by atoms with Gasteiger partial charge < -0.3 is 14.6 Å². The molecule has 0 heterocycles. The first kappa shape index (κ1) is 22.5. The molecular weight excluding hydrogens is 368 g/mol. The van der Waals surface area contributed by atoms with Crippen LogP contribution in [-0.4, -0.2) is 23.7 Å². The van der Waals surface area contributed by atoms with Crippen LogP contribution in [0, 0.1) is 5.41 Å². The second kappa shape index (κ2) is 11.2. The summed E-state index contributed by atoms with van der Waals surface area (Å²) in [5, 5.41) is 9.59. The van der Waals surface area contributed by atoms with Crippen molar-refractivity contribution in [1.82, 2.24) is 0 Å². The monoisotopic (exact) mass is 398 g/mol. The number of hydrogen-bond donors (Lipinski definition) is 1. The fraction of sp³-hybridized carbons (Fsp3) is 0.417. The Morgan fingerprint density at radius 2 is 1.62 bits per heavy atom. The summed E-state index contributed by atoms with van der Waals surface area (Å²) >= 11 is 0. The van der Waals surface area contributed by atoms with E-state index in [1.165, 1.54) is 0 Å². The maximum Gasteiger partial charge on any atom is 0.323 e. The molecule has 1 unspecified atom stereocenters. The van der Waals surface area contributed by atoms with Gasteiger partial charge in [-0.15, -0.1) is 0 Å². The zero-order valence-corrected chi connectivity index (χ0v) is 17.2. The Hall–Kier alpha value is -2.82. The first-order valence-corrected chi connectivity index (χ1v) is 10.2. The van der Waals surface area contributed by atoms with Gasteiger partial charge in [0, 0.05) is 0 Å². The van der Waals surface area contributed by atoms with Gasteiger partial charge in [0.1, 0.15) is 12.4 Å². The molecule has 0 bridgehead atoms. The quantitative estimate of drug-likeness (QED) is 0.309. The van der Waals surface area contributed by atoms with Crippen molar-refractivity contribution in [2.24, 2.45) is 5.41 Å². The molecule has 0 spiro atoms. The molecule has 5 nitrogen and oxygen atoms in total. The maximum absolute atomic E-state index is 12.2. The molecule has 0 saturated heterocycles. The third-order valence-electron chi connectivity index (χ3n) is 5.17. The van der Waals surface area contributed by atoms with Crippen LogP contribution in [0.1, 0.15) is 50.7 Å². The summed E-state index contributed by atoms with van der Waals surface area (Å²) in [7, 11) is 0. The summed E-state index contributed by atoms with van der Waals surface area (Å²) in [6.45, 7) is 4.13. The minimum Gasteiger partial charge on any atom is -0.489 e. The molecule has 0 aromatic heterocycles. The average Bonchev–Trinajstić information content (AvgIpc) is 2.74. The third-order valence-corrected chi connectivity index (χ3v) is 5.17. The SMILES string of the molecule is CCOC(=O)C(CC)(CCCCc1ccc(OCc2ccccc2)cc1)C(=O)O. The molecule has 0 aliphatic heterocycles. The maximum atomic E-state index is 12.2. The number of aryl methyl sites for hydroxylation is 1. The van der Waals surface area contributed by atoms with Crippen molar-refractivity contribution in [1.29, 1.82) is 0 Å². The molecule has 5 heteroatoms. The lowest BCUT2D eigenvalue weighted by molar-refractivity contribution is -0.169. The van der Waals surface area contributed by atoms with E-state index in [0.717, 1.165) is 29.7 Å². The fourth-order valence-electron chi connectivity index (χ4n) is 3.29. The molecule has 2 aromatic rings. The molecule has 1 N–H and O–H groups in total. The van der Waals surface area contributed by atoms with E-state index in [4.69, 9.17) is 9.47 Å². The Morgan fingerprint density at radius 3 is 2.21 bits per heavy atom. The van der Waals surface area contributed by atoms with Crippen LogP contribution in [0.15, 0.2) is 54.6 Å². The van der Waals surface area contributed by atoms with Gasteiger partial charge in [-0.1, -0.05) is 55.8 Å². The third kappa shape index (κ3) is 6.34. The molecule has 1 atom stereocenters. The van der Waals surface area contributed by atoms with E-state index in [-0.39, 0.29) is 19.4 Å². The van der Waals surface area contributed by atoms with Crippen molar-refractivity contribution < 1.29 is 24.2 Å². The van der Waals surface area contributed by atoms with E-state index < -0.39 is 17.4 Å². The number of aliphatic carboxylic acids is 1. The number of rotatable bonds is 12. The van der Waals surface area contributed by atoms with Gasteiger partial charge in [0.2, 0.25) is 0 Å². The van der Waals surface area contributed by atoms with Crippen molar-refractivity contribution in [2.75, 3.05) is 6.61 Å². The molecule has 29 heavy (non-hydrogen) atoms. The van der Waals surface area contributed by atoms with E-state index in [2.05, 4.69) is 0 Å². The summed E-state index contributed by atoms with van der Waals surface area (Å²) in [6.07, 6.45) is 2.79. The van der Waals surface area contributed by atoms with Gasteiger partial charge in [0.25, 0.3) is 0 Å². The van der Waals surface area contributed by atoms with E-state index in [0.29, 0.717) is 13.0 Å². The van der Waals surface area contributed by atoms with Crippen molar-refractivity contribution in [3.8, 4) is 5.75 Å². The summed E-state index contributed by atoms with van der Waals surface area (Å²) in [5.74, 6) is -0.913. The second-order valence-electron chi connectivity index (χ2n) is 7.09. The van der Waals surface area contributed by atoms with E-state index in [1.807, 2.05) is 54.6 Å². The van der Waals surface area contributed by atoms with Gasteiger partial charge in [0.05, 0.1) is 6.61 Å². The molecule has 156 valence electrons. The topological polar surface area (TPSA) is 72.8 Å². The standard InChI is InChI=1S/C24H30O5/c1-3-24(22(25)26,23(27)28-4-2)17-9-8-10-19-13-15-21(16-14-19)29-18-20-11-6-5-7-12-20/h5-7,11-16H,3-4,8-10,17-18H2,1-2H3,(H,25,26). The summed E-state index contributed by atoms with van der Waals surface area (Å²) in [6, 6.07) is 18.0. The highest BCUT2D eigenvalue weighted by Crippen LogP contribution is 2.31. The molecule has 0 aliphatic rings. The van der Waals surface area contributed by atoms with Crippen LogP contribution >= 0.6 is 0 Å². The van der Waals surface area contributed by atoms with Gasteiger partial charge in [0.15, 0.2) is 5.41 Å². The Kier molecular flexibility index (Phi) is 8.71. The smallest absolute Gasteiger partial charge is 0.323 e. The number of carboxylic acid groups (broad SMARTS) is 1. The van der Waals surface area contributed by atoms with Crippen molar-refractivity contribution >= 4 is 11.9 Å². The fourth-order valence-corrected chi connectivity index (χ4v) is 3.29. The number of carboxylic acids is 1. The number of carbonyl (C=O) groups is 2. The molecule has 0 amide bonds. The van der Waals surface area contributed by atoms with Gasteiger partial charge in [-0.25, -0.2) is 0 Å². The second-order valence-corrected chi connectivity index (χ2v) is 7.09. The van der Waals surface area contributed by atoms with Crippen LogP contribution < -0.4 is 4.74 Å². The summed E-state index contributed by atoms with van der Waals surface area (Å²) in [5.41, 5.74) is 0.840. The zero-order chi connectivity index (χ0) is 21.1. The van der Waals surface area contributed by atoms with E-state index in [1.54, 1.807) is 13.8 Å². The van der Waals surface area contributed by atoms with E-state index >= 15 is 0 Å². The molecule has 0 aliphatic carbocycles. The van der Waals surface area contributed by atoms with Gasteiger partial charge in [-0.3, -0.25) is 9.59 Å². The molecule has 2 aromatic carbocycles. The van der Waals surface area contributed by atoms with Crippen LogP contribution in [0.25, 0.3) is 0 Å². The molecule has 0 saturated carbocycles. The number of benzene rings is 2. The van der Waals surface area contributed by atoms with E-state index in [9.17, 15) is 14.7 Å². The predicted octanol–water partition coefficient (Wildman–Crippen LogP) is 5.02. The average molecular weight is 398 g/mol. The molecular formula is C24H30O5. The first-order chi connectivity index (χ1) is 14.0. The largest absolute Gasteiger partial charge is 0.489 e. The van der Waals surface area contributed by atoms with Gasteiger partial charge in [-0.05, 0) is 55.9 Å². The molecule has 0 fully saturated rings. The highest BCUT2D eigenvalue weighted by molar-refractivity contribution is 5.99. The number of esters is 1. The van der Waals surface area contributed by atoms with Crippen molar-refractivity contribution in [3.05, 3.63) is 65.7 Å². The van der Waals surface area contributed by atoms with Crippen molar-refractivity contribution in [2.45, 2.75) is 52.6 Å². The zero-order valence-electron chi connectivity index (χ0n) is 17.2. The van der Waals surface area contributed by atoms with Gasteiger partial charge in [-0.2, -0.15) is 0 Å².